The number of aliphatic hydroxyl groups is 1. The van der Waals surface area contributed by atoms with E-state index in [1.807, 2.05) is 13.0 Å². The Morgan fingerprint density at radius 3 is 2.45 bits per heavy atom. The van der Waals surface area contributed by atoms with Crippen molar-refractivity contribution in [1.82, 2.24) is 0 Å². The van der Waals surface area contributed by atoms with Gasteiger partial charge in [0.1, 0.15) is 0 Å². The van der Waals surface area contributed by atoms with Gasteiger partial charge in [0.2, 0.25) is 0 Å². The topological polar surface area (TPSA) is 23.5 Å². The summed E-state index contributed by atoms with van der Waals surface area (Å²) in [6, 6.07) is 9.08. The Morgan fingerprint density at radius 2 is 1.85 bits per heavy atom. The number of rotatable bonds is 6. The lowest BCUT2D eigenvalue weighted by molar-refractivity contribution is 0.174. The summed E-state index contributed by atoms with van der Waals surface area (Å²) in [5, 5.41) is 10.3. The molecular formula is C18H29NO. The smallest absolute Gasteiger partial charge is 0.0807 e. The van der Waals surface area contributed by atoms with E-state index in [1.54, 1.807) is 0 Å². The lowest BCUT2D eigenvalue weighted by Gasteiger charge is -2.35. The molecule has 2 nitrogen and oxygen atoms in total. The molecule has 1 N–H and O–H groups in total. The van der Waals surface area contributed by atoms with Crippen LogP contribution in [0.2, 0.25) is 0 Å². The molecule has 1 atom stereocenters. The minimum Gasteiger partial charge on any atom is -0.388 e. The van der Waals surface area contributed by atoms with Gasteiger partial charge < -0.3 is 10.0 Å². The van der Waals surface area contributed by atoms with Crippen molar-refractivity contribution in [2.75, 3.05) is 11.4 Å². The van der Waals surface area contributed by atoms with Crippen LogP contribution in [0.15, 0.2) is 24.3 Å². The molecule has 0 bridgehead atoms. The van der Waals surface area contributed by atoms with E-state index in [9.17, 15) is 5.11 Å². The largest absolute Gasteiger partial charge is 0.388 e. The molecule has 0 heterocycles. The first-order valence-electron chi connectivity index (χ1n) is 8.17. The summed E-state index contributed by atoms with van der Waals surface area (Å²) in [5.41, 5.74) is 2.35. The standard InChI is InChI=1S/C18H29NO/c1-4-18(20)16-11-7-8-12-17(16)19(13-14(2)3)15-9-5-6-10-15/h7-8,11-12,14-15,18,20H,4-6,9-10,13H2,1-3H3. The van der Waals surface area contributed by atoms with Crippen molar-refractivity contribution >= 4 is 5.69 Å². The van der Waals surface area contributed by atoms with E-state index in [2.05, 4.69) is 36.9 Å². The number of anilines is 1. The fraction of sp³-hybridized carbons (Fsp3) is 0.667. The van der Waals surface area contributed by atoms with Crippen LogP contribution < -0.4 is 4.90 Å². The SMILES string of the molecule is CCC(O)c1ccccc1N(CC(C)C)C1CCCC1. The second-order valence-corrected chi connectivity index (χ2v) is 6.47. The van der Waals surface area contributed by atoms with Crippen molar-refractivity contribution in [1.29, 1.82) is 0 Å². The maximum Gasteiger partial charge on any atom is 0.0807 e. The van der Waals surface area contributed by atoms with Crippen molar-refractivity contribution in [3.05, 3.63) is 29.8 Å². The predicted molar refractivity (Wildman–Crippen MR) is 86.1 cm³/mol. The van der Waals surface area contributed by atoms with E-state index < -0.39 is 0 Å². The third-order valence-electron chi connectivity index (χ3n) is 4.32. The molecule has 1 aliphatic rings. The Hall–Kier alpha value is -1.02. The highest BCUT2D eigenvalue weighted by atomic mass is 16.3. The summed E-state index contributed by atoms with van der Waals surface area (Å²) < 4.78 is 0. The van der Waals surface area contributed by atoms with Gasteiger partial charge in [-0.05, 0) is 31.2 Å². The van der Waals surface area contributed by atoms with Crippen LogP contribution in [0.1, 0.15) is 64.5 Å². The number of aliphatic hydroxyl groups excluding tert-OH is 1. The highest BCUT2D eigenvalue weighted by Gasteiger charge is 2.26. The molecule has 0 spiro atoms. The lowest BCUT2D eigenvalue weighted by Crippen LogP contribution is -2.37. The quantitative estimate of drug-likeness (QED) is 0.824. The van der Waals surface area contributed by atoms with Crippen LogP contribution in [0.5, 0.6) is 0 Å². The van der Waals surface area contributed by atoms with Crippen molar-refractivity contribution < 1.29 is 5.11 Å². The number of hydrogen-bond acceptors (Lipinski definition) is 2. The number of nitrogens with zero attached hydrogens (tertiary/aromatic N) is 1. The highest BCUT2D eigenvalue weighted by molar-refractivity contribution is 5.55. The van der Waals surface area contributed by atoms with Gasteiger partial charge in [-0.2, -0.15) is 0 Å². The molecule has 112 valence electrons. The first-order valence-corrected chi connectivity index (χ1v) is 8.17. The summed E-state index contributed by atoms with van der Waals surface area (Å²) in [7, 11) is 0. The number of hydrogen-bond donors (Lipinski definition) is 1. The van der Waals surface area contributed by atoms with Gasteiger partial charge in [0, 0.05) is 23.8 Å². The Balaban J connectivity index is 2.32. The summed E-state index contributed by atoms with van der Waals surface area (Å²) in [4.78, 5) is 2.56. The number of benzene rings is 1. The van der Waals surface area contributed by atoms with Gasteiger partial charge >= 0.3 is 0 Å². The summed E-state index contributed by atoms with van der Waals surface area (Å²) in [5.74, 6) is 0.641. The minimum atomic E-state index is -0.345. The van der Waals surface area contributed by atoms with Crippen LogP contribution >= 0.6 is 0 Å². The highest BCUT2D eigenvalue weighted by Crippen LogP contribution is 2.34. The fourth-order valence-electron chi connectivity index (χ4n) is 3.30. The van der Waals surface area contributed by atoms with E-state index in [1.165, 1.54) is 31.4 Å². The van der Waals surface area contributed by atoms with E-state index >= 15 is 0 Å². The molecule has 1 fully saturated rings. The molecular weight excluding hydrogens is 246 g/mol. The summed E-state index contributed by atoms with van der Waals surface area (Å²) >= 11 is 0. The van der Waals surface area contributed by atoms with Crippen LogP contribution in [0.3, 0.4) is 0 Å². The van der Waals surface area contributed by atoms with E-state index in [0.717, 1.165) is 18.5 Å². The van der Waals surface area contributed by atoms with Crippen LogP contribution in [-0.4, -0.2) is 17.7 Å². The first-order chi connectivity index (χ1) is 9.63. The fourth-order valence-corrected chi connectivity index (χ4v) is 3.30. The van der Waals surface area contributed by atoms with Crippen LogP contribution in [0.25, 0.3) is 0 Å². The van der Waals surface area contributed by atoms with Gasteiger partial charge in [-0.25, -0.2) is 0 Å². The molecule has 1 aliphatic carbocycles. The number of para-hydroxylation sites is 1. The third-order valence-corrected chi connectivity index (χ3v) is 4.32. The van der Waals surface area contributed by atoms with Gasteiger partial charge in [-0.15, -0.1) is 0 Å². The van der Waals surface area contributed by atoms with Gasteiger partial charge in [0.05, 0.1) is 6.10 Å². The molecule has 0 radical (unpaired) electrons. The lowest BCUT2D eigenvalue weighted by atomic mass is 10.0. The third kappa shape index (κ3) is 3.54. The Kier molecular flexibility index (Phi) is 5.47. The van der Waals surface area contributed by atoms with Crippen LogP contribution in [0, 0.1) is 5.92 Å². The molecule has 1 saturated carbocycles. The van der Waals surface area contributed by atoms with Gasteiger partial charge in [0.15, 0.2) is 0 Å². The van der Waals surface area contributed by atoms with E-state index in [0.29, 0.717) is 12.0 Å². The minimum absolute atomic E-state index is 0.345. The maximum atomic E-state index is 10.3. The van der Waals surface area contributed by atoms with Crippen molar-refractivity contribution in [2.24, 2.45) is 5.92 Å². The molecule has 2 rings (SSSR count). The zero-order valence-corrected chi connectivity index (χ0v) is 13.2. The zero-order valence-electron chi connectivity index (χ0n) is 13.2. The molecule has 1 aromatic rings. The molecule has 0 aromatic heterocycles. The first kappa shape index (κ1) is 15.4. The van der Waals surface area contributed by atoms with Crippen LogP contribution in [0.4, 0.5) is 5.69 Å². The predicted octanol–water partition coefficient (Wildman–Crippen LogP) is 4.54. The Bertz CT molecular complexity index is 410. The normalized spacial score (nSPS) is 17.6. The Morgan fingerprint density at radius 1 is 1.20 bits per heavy atom. The van der Waals surface area contributed by atoms with Gasteiger partial charge in [0.25, 0.3) is 0 Å². The molecule has 1 unspecified atom stereocenters. The molecule has 1 aromatic carbocycles. The van der Waals surface area contributed by atoms with Crippen LogP contribution in [-0.2, 0) is 0 Å². The molecule has 2 heteroatoms. The molecule has 0 saturated heterocycles. The van der Waals surface area contributed by atoms with E-state index in [4.69, 9.17) is 0 Å². The zero-order chi connectivity index (χ0) is 14.5. The van der Waals surface area contributed by atoms with Gasteiger partial charge in [-0.3, -0.25) is 0 Å². The van der Waals surface area contributed by atoms with Crippen molar-refractivity contribution in [3.63, 3.8) is 0 Å². The molecule has 0 aliphatic heterocycles. The molecule has 0 amide bonds. The summed E-state index contributed by atoms with van der Waals surface area (Å²) in [6.45, 7) is 7.68. The van der Waals surface area contributed by atoms with Crippen molar-refractivity contribution in [2.45, 2.75) is 65.0 Å². The van der Waals surface area contributed by atoms with Gasteiger partial charge in [-0.1, -0.05) is 51.8 Å². The second-order valence-electron chi connectivity index (χ2n) is 6.47. The van der Waals surface area contributed by atoms with Crippen molar-refractivity contribution in [3.8, 4) is 0 Å². The average Bonchev–Trinajstić information content (AvgIpc) is 2.97. The monoisotopic (exact) mass is 275 g/mol. The summed E-state index contributed by atoms with van der Waals surface area (Å²) in [6.07, 6.45) is 5.71. The maximum absolute atomic E-state index is 10.3. The second kappa shape index (κ2) is 7.12. The Labute approximate surface area is 123 Å². The molecule has 20 heavy (non-hydrogen) atoms. The van der Waals surface area contributed by atoms with E-state index in [-0.39, 0.29) is 6.10 Å². The average molecular weight is 275 g/mol.